The third-order valence-corrected chi connectivity index (χ3v) is 14.8. The predicted octanol–water partition coefficient (Wildman–Crippen LogP) is 19.7. The van der Waals surface area contributed by atoms with Crippen molar-refractivity contribution in [2.75, 3.05) is 13.2 Å². The summed E-state index contributed by atoms with van der Waals surface area (Å²) < 4.78 is 74.4. The minimum atomic E-state index is -4.61. The molecule has 0 bridgehead atoms. The van der Waals surface area contributed by atoms with E-state index in [0.717, 1.165) is 38.5 Å². The second kappa shape index (κ2) is 61.3. The van der Waals surface area contributed by atoms with Crippen LogP contribution in [-0.4, -0.2) is 76.9 Å². The molecule has 2 unspecified atom stereocenters. The van der Waals surface area contributed by atoms with Crippen LogP contribution in [0.2, 0.25) is 0 Å². The molecular weight excluding hydrogens is 953 g/mol. The summed E-state index contributed by atoms with van der Waals surface area (Å²) in [6, 6.07) is 0. The molecule has 8 nitrogen and oxygen atoms in total. The molecule has 0 fully saturated rings. The molecule has 0 aromatic rings. The first kappa shape index (κ1) is 75.7. The molecule has 0 heterocycles. The maximum Gasteiger partial charge on any atom is 2.00 e. The Morgan fingerprint density at radius 1 is 0.310 bits per heavy atom. The zero-order valence-electron chi connectivity index (χ0n) is 47.6. The van der Waals surface area contributed by atoms with Gasteiger partial charge >= 0.3 is 37.7 Å². The quantitative estimate of drug-likeness (QED) is 0.0193. The van der Waals surface area contributed by atoms with E-state index in [9.17, 15) is 25.9 Å². The molecule has 0 amide bonds. The molecule has 0 rings (SSSR count). The van der Waals surface area contributed by atoms with Crippen LogP contribution in [0.5, 0.6) is 0 Å². The number of hydrogen-bond acceptors (Lipinski definition) is 8. The molecule has 0 aliphatic carbocycles. The summed E-state index contributed by atoms with van der Waals surface area (Å²) in [4.78, 5) is 0. The molecule has 0 radical (unpaired) electrons. The topological polar surface area (TPSA) is 133 Å². The molecule has 0 saturated carbocycles. The Bertz CT molecular complexity index is 1190. The first-order chi connectivity index (χ1) is 34.0. The van der Waals surface area contributed by atoms with Crippen molar-refractivity contribution in [1.29, 1.82) is 0 Å². The largest absolute Gasteiger partial charge is 2.00 e. The van der Waals surface area contributed by atoms with Crippen molar-refractivity contribution in [1.82, 2.24) is 0 Å². The second-order valence-corrected chi connectivity index (χ2v) is 23.2. The van der Waals surface area contributed by atoms with Crippen LogP contribution in [0, 0.1) is 11.8 Å². The Morgan fingerprint density at radius 3 is 0.690 bits per heavy atom. The third-order valence-electron chi connectivity index (χ3n) is 14.0. The van der Waals surface area contributed by atoms with E-state index in [4.69, 9.17) is 0 Å². The van der Waals surface area contributed by atoms with Gasteiger partial charge in [0.2, 0.25) is 20.8 Å². The number of unbranched alkanes of at least 4 members (excludes halogenated alkanes) is 42. The molecule has 0 N–H and O–H groups in total. The molecule has 2 atom stereocenters. The molecule has 11 heteroatoms. The average molecular weight is 1070 g/mol. The smallest absolute Gasteiger partial charge is 0.726 e. The van der Waals surface area contributed by atoms with Crippen molar-refractivity contribution >= 4 is 58.5 Å². The fraction of sp³-hybridized carbons (Fsp3) is 0.933. The van der Waals surface area contributed by atoms with Crippen molar-refractivity contribution in [2.45, 2.75) is 336 Å². The summed E-state index contributed by atoms with van der Waals surface area (Å²) in [5.74, 6) is 0.0370. The van der Waals surface area contributed by atoms with Crippen LogP contribution >= 0.6 is 0 Å². The van der Waals surface area contributed by atoms with Gasteiger partial charge in [0.1, 0.15) is 0 Å². The van der Waals surface area contributed by atoms with Crippen LogP contribution in [-0.2, 0) is 29.2 Å². The van der Waals surface area contributed by atoms with E-state index >= 15 is 0 Å². The van der Waals surface area contributed by atoms with Crippen LogP contribution in [0.25, 0.3) is 0 Å². The van der Waals surface area contributed by atoms with Gasteiger partial charge in [0.15, 0.2) is 0 Å². The minimum absolute atomic E-state index is 0. The normalized spacial score (nSPS) is 12.9. The average Bonchev–Trinajstić information content (AvgIpc) is 3.32. The van der Waals surface area contributed by atoms with Gasteiger partial charge in [-0.3, -0.25) is 8.37 Å². The second-order valence-electron chi connectivity index (χ2n) is 21.1. The summed E-state index contributed by atoms with van der Waals surface area (Å²) in [6.45, 7) is 9.01. The Kier molecular flexibility index (Phi) is 65.4. The van der Waals surface area contributed by atoms with Gasteiger partial charge in [0.05, 0.1) is 13.2 Å². The fourth-order valence-corrected chi connectivity index (χ4v) is 10.1. The molecule has 0 aliphatic heterocycles. The fourth-order valence-electron chi connectivity index (χ4n) is 9.38. The summed E-state index contributed by atoms with van der Waals surface area (Å²) >= 11 is 0. The third kappa shape index (κ3) is 70.5. The van der Waals surface area contributed by atoms with Crippen molar-refractivity contribution < 1.29 is 34.3 Å². The first-order valence-corrected chi connectivity index (χ1v) is 33.2. The monoisotopic (exact) mass is 1070 g/mol. The van der Waals surface area contributed by atoms with Gasteiger partial charge in [-0.05, 0) is 38.5 Å². The van der Waals surface area contributed by atoms with E-state index in [1.807, 2.05) is 0 Å². The maximum absolute atomic E-state index is 10.9. The van der Waals surface area contributed by atoms with Gasteiger partial charge in [0.25, 0.3) is 0 Å². The zero-order chi connectivity index (χ0) is 51.8. The molecule has 0 aromatic heterocycles. The maximum atomic E-state index is 10.9. The summed E-state index contributed by atoms with van der Waals surface area (Å²) in [5.41, 5.74) is 0. The van der Waals surface area contributed by atoms with E-state index in [-0.39, 0.29) is 62.8 Å². The van der Waals surface area contributed by atoms with Crippen LogP contribution in [0.15, 0.2) is 24.3 Å². The van der Waals surface area contributed by atoms with Gasteiger partial charge in [-0.15, -0.1) is 0 Å². The number of rotatable bonds is 56. The van der Waals surface area contributed by atoms with Crippen molar-refractivity contribution in [3.8, 4) is 0 Å². The van der Waals surface area contributed by atoms with Gasteiger partial charge in [0, 0.05) is 11.8 Å². The molecule has 0 aromatic carbocycles. The molecule has 0 aliphatic rings. The van der Waals surface area contributed by atoms with Gasteiger partial charge in [-0.2, -0.15) is 0 Å². The number of allylic oxidation sites excluding steroid dienone is 2. The summed E-state index contributed by atoms with van der Waals surface area (Å²) in [6.07, 6.45) is 70.3. The van der Waals surface area contributed by atoms with E-state index in [0.29, 0.717) is 0 Å². The summed E-state index contributed by atoms with van der Waals surface area (Å²) in [5, 5.41) is 0. The van der Waals surface area contributed by atoms with Gasteiger partial charge < -0.3 is 9.11 Å². The van der Waals surface area contributed by atoms with Gasteiger partial charge in [-0.1, -0.05) is 322 Å². The van der Waals surface area contributed by atoms with Crippen molar-refractivity contribution in [3.63, 3.8) is 0 Å². The molecule has 0 spiro atoms. The zero-order valence-corrected chi connectivity index (χ0v) is 51.5. The number of hydrogen-bond donors (Lipinski definition) is 0. The van der Waals surface area contributed by atoms with E-state index in [2.05, 4.69) is 60.4 Å². The van der Waals surface area contributed by atoms with E-state index in [1.165, 1.54) is 270 Å². The van der Waals surface area contributed by atoms with Crippen molar-refractivity contribution in [2.24, 2.45) is 11.8 Å². The Balaban J connectivity index is -0.00000128. The van der Waals surface area contributed by atoms with Crippen LogP contribution in [0.1, 0.15) is 336 Å². The molecule has 71 heavy (non-hydrogen) atoms. The standard InChI is InChI=1S/2C30H60O4S.Ca/c2*1-3-5-7-9-11-13-15-16-18-20-22-24-26-28-30(29-34-35(31,32)33)27-25-23-21-19-17-14-12-10-8-6-4-2;/h2*25,27,30H,3-24,26,28-29H2,1-2H3,(H,31,32,33);/q;;+2/p-2/b2*27-25+;. The van der Waals surface area contributed by atoms with E-state index in [1.54, 1.807) is 0 Å². The SMILES string of the molecule is CCCCCCCCCCC/C=C/C(CCCCCCCCCCCCCCC)COS(=O)(=O)[O-].CCCCCCCCCCC/C=C/C(CCCCCCCCCCCCCCC)COS(=O)(=O)[O-].[Ca+2]. The Hall–Kier alpha value is 0.480. The first-order valence-electron chi connectivity index (χ1n) is 30.5. The van der Waals surface area contributed by atoms with Crippen molar-refractivity contribution in [3.05, 3.63) is 24.3 Å². The van der Waals surface area contributed by atoms with Crippen LogP contribution in [0.3, 0.4) is 0 Å². The Labute approximate surface area is 474 Å². The minimum Gasteiger partial charge on any atom is -0.726 e. The van der Waals surface area contributed by atoms with E-state index < -0.39 is 20.8 Å². The molecular formula is C60H118CaO8S2. The molecule has 0 saturated heterocycles. The van der Waals surface area contributed by atoms with Crippen LogP contribution in [0.4, 0.5) is 0 Å². The summed E-state index contributed by atoms with van der Waals surface area (Å²) in [7, 11) is -9.23. The molecule has 420 valence electrons. The van der Waals surface area contributed by atoms with Crippen LogP contribution < -0.4 is 0 Å². The predicted molar refractivity (Wildman–Crippen MR) is 307 cm³/mol. The Morgan fingerprint density at radius 2 is 0.493 bits per heavy atom. The van der Waals surface area contributed by atoms with Gasteiger partial charge in [-0.25, -0.2) is 16.8 Å².